The van der Waals surface area contributed by atoms with Crippen molar-refractivity contribution in [1.29, 1.82) is 0 Å². The molecule has 0 spiro atoms. The molecule has 1 unspecified atom stereocenters. The molecule has 3 amide bonds. The molecule has 29 heavy (non-hydrogen) atoms. The van der Waals surface area contributed by atoms with Crippen LogP contribution < -0.4 is 16.0 Å². The zero-order valence-electron chi connectivity index (χ0n) is 17.2. The van der Waals surface area contributed by atoms with Crippen LogP contribution >= 0.6 is 0 Å². The van der Waals surface area contributed by atoms with Crippen LogP contribution in [-0.2, 0) is 20.7 Å². The van der Waals surface area contributed by atoms with Gasteiger partial charge in [0.15, 0.2) is 0 Å². The molecule has 0 aliphatic carbocycles. The summed E-state index contributed by atoms with van der Waals surface area (Å²) in [5.41, 5.74) is 4.64. The number of carbonyl (C=O) groups excluding carboxylic acids is 3. The summed E-state index contributed by atoms with van der Waals surface area (Å²) in [5, 5.41) is 7.93. The van der Waals surface area contributed by atoms with Crippen LogP contribution in [0.15, 0.2) is 42.5 Å². The number of hydrogen-bond acceptors (Lipinski definition) is 4. The summed E-state index contributed by atoms with van der Waals surface area (Å²) in [7, 11) is 1.23. The van der Waals surface area contributed by atoms with E-state index in [-0.39, 0.29) is 18.9 Å². The van der Waals surface area contributed by atoms with E-state index >= 15 is 0 Å². The standard InChI is InChI=1S/C22H27N3O4/c1-14-10-15(2)20(16(3)11-14)25-19(26)13-23-21(27)18(24-22(28)29-4)12-17-8-6-5-7-9-17/h5-11,18H,12-13H2,1-4H3,(H,23,27)(H,24,28)(H,25,26). The maximum absolute atomic E-state index is 12.6. The van der Waals surface area contributed by atoms with Crippen LogP contribution in [0.2, 0.25) is 0 Å². The van der Waals surface area contributed by atoms with Gasteiger partial charge in [0.25, 0.3) is 0 Å². The van der Waals surface area contributed by atoms with Gasteiger partial charge >= 0.3 is 6.09 Å². The van der Waals surface area contributed by atoms with Crippen molar-refractivity contribution in [3.05, 3.63) is 64.7 Å². The Bertz CT molecular complexity index is 858. The molecule has 0 fully saturated rings. The maximum Gasteiger partial charge on any atom is 0.407 e. The fourth-order valence-corrected chi connectivity index (χ4v) is 3.11. The van der Waals surface area contributed by atoms with E-state index in [0.29, 0.717) is 0 Å². The van der Waals surface area contributed by atoms with Gasteiger partial charge in [0.2, 0.25) is 11.8 Å². The van der Waals surface area contributed by atoms with Gasteiger partial charge in [0.1, 0.15) is 6.04 Å². The second kappa shape index (κ2) is 10.3. The third-order valence-corrected chi connectivity index (χ3v) is 4.44. The fourth-order valence-electron chi connectivity index (χ4n) is 3.11. The zero-order valence-corrected chi connectivity index (χ0v) is 17.2. The Kier molecular flexibility index (Phi) is 7.77. The van der Waals surface area contributed by atoms with Crippen LogP contribution in [0.3, 0.4) is 0 Å². The van der Waals surface area contributed by atoms with Crippen molar-refractivity contribution in [3.63, 3.8) is 0 Å². The summed E-state index contributed by atoms with van der Waals surface area (Å²) in [6.45, 7) is 5.63. The van der Waals surface area contributed by atoms with Gasteiger partial charge in [-0.15, -0.1) is 0 Å². The van der Waals surface area contributed by atoms with Crippen molar-refractivity contribution in [1.82, 2.24) is 10.6 Å². The van der Waals surface area contributed by atoms with Gasteiger partial charge in [-0.1, -0.05) is 48.0 Å². The fraction of sp³-hybridized carbons (Fsp3) is 0.318. The molecule has 0 heterocycles. The van der Waals surface area contributed by atoms with E-state index in [9.17, 15) is 14.4 Å². The zero-order chi connectivity index (χ0) is 21.4. The number of hydrogen-bond donors (Lipinski definition) is 3. The third-order valence-electron chi connectivity index (χ3n) is 4.44. The molecule has 0 radical (unpaired) electrons. The van der Waals surface area contributed by atoms with E-state index < -0.39 is 18.0 Å². The van der Waals surface area contributed by atoms with Crippen molar-refractivity contribution in [2.24, 2.45) is 0 Å². The van der Waals surface area contributed by atoms with Crippen molar-refractivity contribution in [2.45, 2.75) is 33.2 Å². The van der Waals surface area contributed by atoms with Crippen LogP contribution in [0, 0.1) is 20.8 Å². The Balaban J connectivity index is 1.99. The second-order valence-electron chi connectivity index (χ2n) is 6.92. The number of aryl methyl sites for hydroxylation is 3. The Morgan fingerprint density at radius 1 is 1.00 bits per heavy atom. The maximum atomic E-state index is 12.6. The summed E-state index contributed by atoms with van der Waals surface area (Å²) < 4.78 is 4.60. The normalized spacial score (nSPS) is 11.3. The summed E-state index contributed by atoms with van der Waals surface area (Å²) in [6.07, 6.45) is -0.434. The van der Waals surface area contributed by atoms with Gasteiger partial charge in [-0.25, -0.2) is 4.79 Å². The molecular weight excluding hydrogens is 370 g/mol. The number of anilines is 1. The average Bonchev–Trinajstić information content (AvgIpc) is 2.69. The first-order chi connectivity index (χ1) is 13.8. The Morgan fingerprint density at radius 2 is 1.62 bits per heavy atom. The highest BCUT2D eigenvalue weighted by Gasteiger charge is 2.22. The minimum Gasteiger partial charge on any atom is -0.453 e. The van der Waals surface area contributed by atoms with Crippen molar-refractivity contribution >= 4 is 23.6 Å². The third kappa shape index (κ3) is 6.64. The highest BCUT2D eigenvalue weighted by Crippen LogP contribution is 2.21. The van der Waals surface area contributed by atoms with E-state index in [1.54, 1.807) is 0 Å². The van der Waals surface area contributed by atoms with Crippen molar-refractivity contribution in [3.8, 4) is 0 Å². The largest absolute Gasteiger partial charge is 0.453 e. The lowest BCUT2D eigenvalue weighted by atomic mass is 10.0. The SMILES string of the molecule is COC(=O)NC(Cc1ccccc1)C(=O)NCC(=O)Nc1c(C)cc(C)cc1C. The smallest absolute Gasteiger partial charge is 0.407 e. The molecule has 0 saturated carbocycles. The van der Waals surface area contributed by atoms with Gasteiger partial charge in [-0.3, -0.25) is 9.59 Å². The molecule has 0 aliphatic rings. The van der Waals surface area contributed by atoms with Crippen molar-refractivity contribution < 1.29 is 19.1 Å². The van der Waals surface area contributed by atoms with Crippen LogP contribution in [-0.4, -0.2) is 37.6 Å². The summed E-state index contributed by atoms with van der Waals surface area (Å²) >= 11 is 0. The van der Waals surface area contributed by atoms with Gasteiger partial charge in [0.05, 0.1) is 13.7 Å². The summed E-state index contributed by atoms with van der Waals surface area (Å²) in [4.78, 5) is 36.5. The van der Waals surface area contributed by atoms with E-state index in [1.165, 1.54) is 7.11 Å². The van der Waals surface area contributed by atoms with Gasteiger partial charge < -0.3 is 20.7 Å². The molecule has 0 aromatic heterocycles. The molecule has 7 nitrogen and oxygen atoms in total. The number of nitrogens with one attached hydrogen (secondary N) is 3. The average molecular weight is 397 g/mol. The first-order valence-electron chi connectivity index (χ1n) is 9.34. The summed E-state index contributed by atoms with van der Waals surface area (Å²) in [5.74, 6) is -0.809. The predicted octanol–water partition coefficient (Wildman–Crippen LogP) is 2.63. The number of benzene rings is 2. The molecule has 1 atom stereocenters. The molecule has 154 valence electrons. The predicted molar refractivity (Wildman–Crippen MR) is 112 cm³/mol. The Hall–Kier alpha value is -3.35. The van der Waals surface area contributed by atoms with E-state index in [2.05, 4.69) is 20.7 Å². The van der Waals surface area contributed by atoms with E-state index in [0.717, 1.165) is 27.9 Å². The first kappa shape index (κ1) is 21.9. The molecule has 2 rings (SSSR count). The second-order valence-corrected chi connectivity index (χ2v) is 6.92. The Labute approximate surface area is 170 Å². The van der Waals surface area contributed by atoms with Crippen LogP contribution in [0.1, 0.15) is 22.3 Å². The molecule has 0 aliphatic heterocycles. The lowest BCUT2D eigenvalue weighted by Gasteiger charge is -2.18. The lowest BCUT2D eigenvalue weighted by molar-refractivity contribution is -0.125. The minimum atomic E-state index is -0.861. The number of amides is 3. The molecule has 3 N–H and O–H groups in total. The number of alkyl carbamates (subject to hydrolysis) is 1. The minimum absolute atomic E-state index is 0.209. The van der Waals surface area contributed by atoms with E-state index in [1.807, 2.05) is 63.2 Å². The monoisotopic (exact) mass is 397 g/mol. The number of rotatable bonds is 7. The van der Waals surface area contributed by atoms with E-state index in [4.69, 9.17) is 0 Å². The Morgan fingerprint density at radius 3 is 2.21 bits per heavy atom. The van der Waals surface area contributed by atoms with Crippen LogP contribution in [0.25, 0.3) is 0 Å². The molecule has 2 aromatic carbocycles. The topological polar surface area (TPSA) is 96.5 Å². The quantitative estimate of drug-likeness (QED) is 0.669. The molecule has 0 saturated heterocycles. The van der Waals surface area contributed by atoms with Crippen LogP contribution in [0.4, 0.5) is 10.5 Å². The lowest BCUT2D eigenvalue weighted by Crippen LogP contribution is -2.49. The number of ether oxygens (including phenoxy) is 1. The van der Waals surface area contributed by atoms with Crippen LogP contribution in [0.5, 0.6) is 0 Å². The highest BCUT2D eigenvalue weighted by atomic mass is 16.5. The summed E-state index contributed by atoms with van der Waals surface area (Å²) in [6, 6.07) is 12.4. The molecule has 7 heteroatoms. The number of methoxy groups -OCH3 is 1. The van der Waals surface area contributed by atoms with Gasteiger partial charge in [-0.05, 0) is 37.5 Å². The van der Waals surface area contributed by atoms with Gasteiger partial charge in [-0.2, -0.15) is 0 Å². The number of carbonyl (C=O) groups is 3. The molecule has 0 bridgehead atoms. The highest BCUT2D eigenvalue weighted by molar-refractivity contribution is 5.96. The first-order valence-corrected chi connectivity index (χ1v) is 9.34. The molecular formula is C22H27N3O4. The van der Waals surface area contributed by atoms with Crippen molar-refractivity contribution in [2.75, 3.05) is 19.0 Å². The molecule has 2 aromatic rings. The van der Waals surface area contributed by atoms with Gasteiger partial charge in [0, 0.05) is 12.1 Å².